The zero-order valence-electron chi connectivity index (χ0n) is 11.1. The molecule has 2 aromatic carbocycles. The van der Waals surface area contributed by atoms with E-state index in [1.54, 1.807) is 0 Å². The van der Waals surface area contributed by atoms with E-state index in [-0.39, 0.29) is 12.2 Å². The second-order valence-electron chi connectivity index (χ2n) is 5.21. The van der Waals surface area contributed by atoms with E-state index in [0.29, 0.717) is 6.61 Å². The van der Waals surface area contributed by atoms with Gasteiger partial charge in [-0.1, -0.05) is 60.7 Å². The van der Waals surface area contributed by atoms with Crippen LogP contribution in [0, 0.1) is 0 Å². The Hall–Kier alpha value is -1.68. The van der Waals surface area contributed by atoms with Crippen molar-refractivity contribution >= 4 is 0 Å². The van der Waals surface area contributed by atoms with Gasteiger partial charge in [0.15, 0.2) is 0 Å². The summed E-state index contributed by atoms with van der Waals surface area (Å²) in [7, 11) is 0. The quantitative estimate of drug-likeness (QED) is 0.782. The molecule has 4 rings (SSSR count). The van der Waals surface area contributed by atoms with Gasteiger partial charge >= 0.3 is 0 Å². The monoisotopic (exact) mass is 268 g/mol. The summed E-state index contributed by atoms with van der Waals surface area (Å²) in [5.74, 6) is -0.644. The second kappa shape index (κ2) is 4.70. The molecule has 2 aliphatic rings. The van der Waals surface area contributed by atoms with Crippen molar-refractivity contribution in [3.8, 4) is 0 Å². The van der Waals surface area contributed by atoms with Crippen molar-refractivity contribution in [1.82, 2.24) is 0 Å². The highest BCUT2D eigenvalue weighted by Crippen LogP contribution is 2.57. The van der Waals surface area contributed by atoms with Crippen LogP contribution in [0.25, 0.3) is 0 Å². The Kier molecular flexibility index (Phi) is 2.84. The number of hydrogen-bond acceptors (Lipinski definition) is 3. The van der Waals surface area contributed by atoms with Gasteiger partial charge in [0.1, 0.15) is 12.2 Å². The van der Waals surface area contributed by atoms with E-state index in [2.05, 4.69) is 24.3 Å². The Labute approximate surface area is 118 Å². The molecule has 3 unspecified atom stereocenters. The molecule has 0 spiro atoms. The van der Waals surface area contributed by atoms with Crippen molar-refractivity contribution in [2.24, 2.45) is 0 Å². The maximum atomic E-state index is 6.07. The molecule has 0 radical (unpaired) electrons. The average Bonchev–Trinajstić information content (AvgIpc) is 3.42. The van der Waals surface area contributed by atoms with Crippen molar-refractivity contribution in [3.63, 3.8) is 0 Å². The molecule has 0 bridgehead atoms. The molecule has 2 fully saturated rings. The van der Waals surface area contributed by atoms with Crippen LogP contribution >= 0.6 is 0 Å². The fraction of sp³-hybridized carbons (Fsp3) is 0.294. The molecule has 2 heterocycles. The van der Waals surface area contributed by atoms with E-state index in [4.69, 9.17) is 14.2 Å². The molecule has 0 saturated carbocycles. The third-order valence-corrected chi connectivity index (χ3v) is 3.75. The van der Waals surface area contributed by atoms with Crippen LogP contribution in [0.15, 0.2) is 60.7 Å². The van der Waals surface area contributed by atoms with E-state index in [1.165, 1.54) is 0 Å². The molecule has 3 nitrogen and oxygen atoms in total. The van der Waals surface area contributed by atoms with Gasteiger partial charge < -0.3 is 14.2 Å². The summed E-state index contributed by atoms with van der Waals surface area (Å²) < 4.78 is 17.3. The van der Waals surface area contributed by atoms with Crippen molar-refractivity contribution < 1.29 is 14.2 Å². The third kappa shape index (κ3) is 2.14. The first-order valence-electron chi connectivity index (χ1n) is 6.92. The molecule has 0 amide bonds. The third-order valence-electron chi connectivity index (χ3n) is 3.75. The molecule has 2 aliphatic heterocycles. The number of benzene rings is 2. The number of rotatable bonds is 5. The lowest BCUT2D eigenvalue weighted by atomic mass is 10.0. The van der Waals surface area contributed by atoms with Crippen LogP contribution in [0.5, 0.6) is 0 Å². The highest BCUT2D eigenvalue weighted by molar-refractivity contribution is 5.33. The van der Waals surface area contributed by atoms with Gasteiger partial charge in [-0.05, 0) is 5.56 Å². The molecule has 2 saturated heterocycles. The first-order valence-corrected chi connectivity index (χ1v) is 6.92. The first kappa shape index (κ1) is 12.1. The SMILES string of the molecule is c1ccc(C2OC2(OCC2CO2)c2ccccc2)cc1. The van der Waals surface area contributed by atoms with Crippen LogP contribution in [-0.2, 0) is 20.0 Å². The van der Waals surface area contributed by atoms with Crippen LogP contribution in [0.1, 0.15) is 17.2 Å². The number of hydrogen-bond donors (Lipinski definition) is 0. The molecule has 0 N–H and O–H groups in total. The summed E-state index contributed by atoms with van der Waals surface area (Å²) in [5.41, 5.74) is 2.21. The topological polar surface area (TPSA) is 34.3 Å². The minimum atomic E-state index is -0.644. The lowest BCUT2D eigenvalue weighted by molar-refractivity contribution is -0.0540. The Bertz CT molecular complexity index is 580. The summed E-state index contributed by atoms with van der Waals surface area (Å²) in [6.45, 7) is 1.37. The van der Waals surface area contributed by atoms with E-state index in [1.807, 2.05) is 36.4 Å². The maximum absolute atomic E-state index is 6.07. The Morgan fingerprint density at radius 1 is 1.00 bits per heavy atom. The molecule has 3 heteroatoms. The minimum absolute atomic E-state index is 0.0372. The Morgan fingerprint density at radius 3 is 2.30 bits per heavy atom. The number of ether oxygens (including phenoxy) is 3. The lowest BCUT2D eigenvalue weighted by Gasteiger charge is -2.14. The van der Waals surface area contributed by atoms with Gasteiger partial charge in [-0.3, -0.25) is 0 Å². The number of epoxide rings is 2. The maximum Gasteiger partial charge on any atom is 0.227 e. The van der Waals surface area contributed by atoms with Crippen molar-refractivity contribution in [3.05, 3.63) is 71.8 Å². The molecule has 20 heavy (non-hydrogen) atoms. The second-order valence-corrected chi connectivity index (χ2v) is 5.21. The summed E-state index contributed by atoms with van der Waals surface area (Å²) in [6, 6.07) is 20.3. The first-order chi connectivity index (χ1) is 9.88. The van der Waals surface area contributed by atoms with Crippen LogP contribution in [0.4, 0.5) is 0 Å². The standard InChI is InChI=1S/C17H16O3/c1-3-7-13(8-4-1)16-17(20-16,19-12-15-11-18-15)14-9-5-2-6-10-14/h1-10,15-16H,11-12H2. The molecule has 3 atom stereocenters. The van der Waals surface area contributed by atoms with Crippen LogP contribution < -0.4 is 0 Å². The van der Waals surface area contributed by atoms with E-state index in [0.717, 1.165) is 17.7 Å². The molecular formula is C17H16O3. The molecule has 2 aromatic rings. The van der Waals surface area contributed by atoms with Gasteiger partial charge in [-0.25, -0.2) is 0 Å². The molecular weight excluding hydrogens is 252 g/mol. The van der Waals surface area contributed by atoms with Crippen LogP contribution in [0.2, 0.25) is 0 Å². The molecule has 0 aromatic heterocycles. The van der Waals surface area contributed by atoms with Gasteiger partial charge in [0.2, 0.25) is 5.79 Å². The van der Waals surface area contributed by atoms with Crippen molar-refractivity contribution in [1.29, 1.82) is 0 Å². The zero-order chi connectivity index (χ0) is 13.4. The van der Waals surface area contributed by atoms with E-state index < -0.39 is 5.79 Å². The van der Waals surface area contributed by atoms with Gasteiger partial charge in [-0.15, -0.1) is 0 Å². The largest absolute Gasteiger partial charge is 0.371 e. The smallest absolute Gasteiger partial charge is 0.227 e. The summed E-state index contributed by atoms with van der Waals surface area (Å²) in [5, 5.41) is 0. The van der Waals surface area contributed by atoms with Gasteiger partial charge in [0, 0.05) is 5.56 Å². The van der Waals surface area contributed by atoms with Gasteiger partial charge in [0.05, 0.1) is 13.2 Å². The van der Waals surface area contributed by atoms with E-state index >= 15 is 0 Å². The summed E-state index contributed by atoms with van der Waals surface area (Å²) >= 11 is 0. The Morgan fingerprint density at radius 2 is 1.65 bits per heavy atom. The van der Waals surface area contributed by atoms with Crippen LogP contribution in [-0.4, -0.2) is 19.3 Å². The lowest BCUT2D eigenvalue weighted by Crippen LogP contribution is -2.18. The minimum Gasteiger partial charge on any atom is -0.371 e. The average molecular weight is 268 g/mol. The van der Waals surface area contributed by atoms with E-state index in [9.17, 15) is 0 Å². The molecule has 0 aliphatic carbocycles. The predicted octanol–water partition coefficient (Wildman–Crippen LogP) is 3.03. The predicted molar refractivity (Wildman–Crippen MR) is 74.1 cm³/mol. The summed E-state index contributed by atoms with van der Waals surface area (Å²) in [6.07, 6.45) is 0.195. The fourth-order valence-electron chi connectivity index (χ4n) is 2.52. The highest BCUT2D eigenvalue weighted by atomic mass is 16.8. The van der Waals surface area contributed by atoms with Gasteiger partial charge in [0.25, 0.3) is 0 Å². The normalized spacial score (nSPS) is 31.0. The Balaban J connectivity index is 1.62. The van der Waals surface area contributed by atoms with Crippen molar-refractivity contribution in [2.45, 2.75) is 18.0 Å². The molecule has 102 valence electrons. The van der Waals surface area contributed by atoms with Gasteiger partial charge in [-0.2, -0.15) is 0 Å². The van der Waals surface area contributed by atoms with Crippen molar-refractivity contribution in [2.75, 3.05) is 13.2 Å². The fourth-order valence-corrected chi connectivity index (χ4v) is 2.52. The van der Waals surface area contributed by atoms with Crippen LogP contribution in [0.3, 0.4) is 0 Å². The summed E-state index contributed by atoms with van der Waals surface area (Å²) in [4.78, 5) is 0. The zero-order valence-corrected chi connectivity index (χ0v) is 11.1. The highest BCUT2D eigenvalue weighted by Gasteiger charge is 2.60.